The maximum absolute atomic E-state index is 14.7. The van der Waals surface area contributed by atoms with E-state index in [9.17, 15) is 18.8 Å². The molecule has 1 saturated heterocycles. The molecule has 9 heteroatoms. The zero-order chi connectivity index (χ0) is 29.0. The number of esters is 1. The zero-order valence-electron chi connectivity index (χ0n) is 22.6. The highest BCUT2D eigenvalue weighted by Crippen LogP contribution is 2.60. The highest BCUT2D eigenvalue weighted by Gasteiger charge is 2.63. The van der Waals surface area contributed by atoms with Crippen LogP contribution >= 0.6 is 23.2 Å². The van der Waals surface area contributed by atoms with Crippen LogP contribution in [0, 0.1) is 12.7 Å². The van der Waals surface area contributed by atoms with Gasteiger partial charge in [0, 0.05) is 28.1 Å². The lowest BCUT2D eigenvalue weighted by molar-refractivity contribution is -0.164. The Kier molecular flexibility index (Phi) is 7.17. The summed E-state index contributed by atoms with van der Waals surface area (Å²) < 4.78 is 20.3. The van der Waals surface area contributed by atoms with Gasteiger partial charge in [-0.3, -0.25) is 14.4 Å². The summed E-state index contributed by atoms with van der Waals surface area (Å²) in [6.45, 7) is 6.66. The van der Waals surface area contributed by atoms with Gasteiger partial charge < -0.3 is 15.0 Å². The fourth-order valence-electron chi connectivity index (χ4n) is 6.13. The molecule has 0 saturated carbocycles. The topological polar surface area (TPSA) is 75.7 Å². The molecule has 6 nitrogen and oxygen atoms in total. The molecule has 0 unspecified atom stereocenters. The summed E-state index contributed by atoms with van der Waals surface area (Å²) in [6, 6.07) is 15.4. The molecule has 208 valence electrons. The predicted octanol–water partition coefficient (Wildman–Crippen LogP) is 6.73. The molecule has 1 N–H and O–H groups in total. The lowest BCUT2D eigenvalue weighted by Crippen LogP contribution is -2.59. The maximum atomic E-state index is 14.7. The van der Waals surface area contributed by atoms with Crippen molar-refractivity contribution >= 4 is 46.7 Å². The van der Waals surface area contributed by atoms with Crippen molar-refractivity contribution in [3.05, 3.63) is 98.8 Å². The smallest absolute Gasteiger partial charge is 0.326 e. The Labute approximate surface area is 242 Å². The van der Waals surface area contributed by atoms with Crippen LogP contribution in [0.5, 0.6) is 0 Å². The number of piperidine rings is 1. The van der Waals surface area contributed by atoms with E-state index in [0.29, 0.717) is 32.4 Å². The molecule has 0 bridgehead atoms. The minimum Gasteiger partial charge on any atom is -0.459 e. The molecule has 0 aliphatic carbocycles. The van der Waals surface area contributed by atoms with Gasteiger partial charge in [0.2, 0.25) is 11.8 Å². The average Bonchev–Trinajstić information content (AvgIpc) is 3.12. The Balaban J connectivity index is 1.81. The van der Waals surface area contributed by atoms with Gasteiger partial charge in [-0.1, -0.05) is 47.5 Å². The van der Waals surface area contributed by atoms with Crippen molar-refractivity contribution < 1.29 is 23.5 Å². The molecule has 2 amide bonds. The SMILES string of the molecule is Cc1ccc(F)cc1[C@H]1CC(=O)N(CC(=O)OC(C)(C)C)[C@@H](c2cccc(Cl)c2)[C@]12C(=O)Nc1cc(Cl)ccc12. The summed E-state index contributed by atoms with van der Waals surface area (Å²) in [5, 5.41) is 3.79. The number of rotatable bonds is 4. The number of aryl methyl sites for hydroxylation is 1. The van der Waals surface area contributed by atoms with E-state index in [1.807, 2.05) is 6.92 Å². The highest BCUT2D eigenvalue weighted by atomic mass is 35.5. The van der Waals surface area contributed by atoms with Crippen LogP contribution in [0.4, 0.5) is 10.1 Å². The lowest BCUT2D eigenvalue weighted by Gasteiger charge is -2.51. The molecule has 5 rings (SSSR count). The first-order valence-corrected chi connectivity index (χ1v) is 13.7. The normalized spacial score (nSPS) is 22.3. The molecule has 3 atom stereocenters. The van der Waals surface area contributed by atoms with Crippen LogP contribution < -0.4 is 5.32 Å². The van der Waals surface area contributed by atoms with Crippen LogP contribution in [-0.4, -0.2) is 34.8 Å². The molecule has 2 aliphatic heterocycles. The number of nitrogens with zero attached hydrogens (tertiary/aromatic N) is 1. The molecule has 0 radical (unpaired) electrons. The molecule has 1 fully saturated rings. The van der Waals surface area contributed by atoms with Gasteiger partial charge >= 0.3 is 5.97 Å². The van der Waals surface area contributed by atoms with E-state index in [4.69, 9.17) is 27.9 Å². The highest BCUT2D eigenvalue weighted by molar-refractivity contribution is 6.31. The summed E-state index contributed by atoms with van der Waals surface area (Å²) in [5.41, 5.74) is 0.695. The maximum Gasteiger partial charge on any atom is 0.326 e. The molecule has 0 aromatic heterocycles. The molecule has 2 aliphatic rings. The van der Waals surface area contributed by atoms with Crippen molar-refractivity contribution in [1.82, 2.24) is 4.90 Å². The number of anilines is 1. The monoisotopic (exact) mass is 582 g/mol. The number of carbonyl (C=O) groups excluding carboxylic acids is 3. The van der Waals surface area contributed by atoms with Crippen molar-refractivity contribution in [2.45, 2.75) is 57.1 Å². The summed E-state index contributed by atoms with van der Waals surface area (Å²) in [7, 11) is 0. The predicted molar refractivity (Wildman–Crippen MR) is 152 cm³/mol. The van der Waals surface area contributed by atoms with Gasteiger partial charge in [0.05, 0.1) is 6.04 Å². The Morgan fingerprint density at radius 1 is 1.07 bits per heavy atom. The molecule has 3 aromatic rings. The minimum atomic E-state index is -1.45. The van der Waals surface area contributed by atoms with Crippen molar-refractivity contribution in [2.75, 3.05) is 11.9 Å². The standard InChI is InChI=1S/C31H29Cl2FN2O4/c1-17-8-10-21(34)14-22(17)24-15-26(37)36(16-27(38)40-30(2,3)4)28(18-6-5-7-19(32)12-18)31(24)23-11-9-20(33)13-25(23)35-29(31)39/h5-14,24,28H,15-16H2,1-4H3,(H,35,39)/t24-,28+,31-/m1/s1. The third kappa shape index (κ3) is 4.86. The first-order chi connectivity index (χ1) is 18.8. The van der Waals surface area contributed by atoms with Crippen molar-refractivity contribution in [1.29, 1.82) is 0 Å². The third-order valence-electron chi connectivity index (χ3n) is 7.54. The number of benzene rings is 3. The second kappa shape index (κ2) is 10.2. The zero-order valence-corrected chi connectivity index (χ0v) is 24.1. The number of halogens is 3. The van der Waals surface area contributed by atoms with E-state index in [-0.39, 0.29) is 24.8 Å². The van der Waals surface area contributed by atoms with Gasteiger partial charge in [-0.05, 0) is 86.3 Å². The van der Waals surface area contributed by atoms with Crippen molar-refractivity contribution in [3.63, 3.8) is 0 Å². The van der Waals surface area contributed by atoms with Gasteiger partial charge in [0.1, 0.15) is 23.4 Å². The second-order valence-electron chi connectivity index (χ2n) is 11.3. The van der Waals surface area contributed by atoms with Crippen LogP contribution in [-0.2, 0) is 24.5 Å². The Morgan fingerprint density at radius 3 is 2.50 bits per heavy atom. The van der Waals surface area contributed by atoms with Gasteiger partial charge in [0.15, 0.2) is 0 Å². The van der Waals surface area contributed by atoms with Gasteiger partial charge in [0.25, 0.3) is 0 Å². The number of fused-ring (bicyclic) bond motifs is 2. The van der Waals surface area contributed by atoms with Gasteiger partial charge in [-0.15, -0.1) is 0 Å². The molecule has 1 spiro atoms. The van der Waals surface area contributed by atoms with E-state index in [2.05, 4.69) is 5.32 Å². The number of carbonyl (C=O) groups is 3. The molecule has 2 heterocycles. The quantitative estimate of drug-likeness (QED) is 0.346. The summed E-state index contributed by atoms with van der Waals surface area (Å²) in [4.78, 5) is 42.9. The van der Waals surface area contributed by atoms with E-state index >= 15 is 0 Å². The first kappa shape index (κ1) is 28.1. The number of nitrogens with one attached hydrogen (secondary N) is 1. The summed E-state index contributed by atoms with van der Waals surface area (Å²) >= 11 is 12.7. The molecular formula is C31H29Cl2FN2O4. The first-order valence-electron chi connectivity index (χ1n) is 13.0. The van der Waals surface area contributed by atoms with Crippen LogP contribution in [0.3, 0.4) is 0 Å². The summed E-state index contributed by atoms with van der Waals surface area (Å²) in [6.07, 6.45) is -0.139. The number of hydrogen-bond donors (Lipinski definition) is 1. The number of amides is 2. The summed E-state index contributed by atoms with van der Waals surface area (Å²) in [5.74, 6) is -2.61. The van der Waals surface area contributed by atoms with E-state index < -0.39 is 34.8 Å². The van der Waals surface area contributed by atoms with Crippen molar-refractivity contribution in [3.8, 4) is 0 Å². The van der Waals surface area contributed by atoms with E-state index in [1.54, 1.807) is 69.3 Å². The fourth-order valence-corrected chi connectivity index (χ4v) is 6.50. The lowest BCUT2D eigenvalue weighted by atomic mass is 9.58. The van der Waals surface area contributed by atoms with Gasteiger partial charge in [-0.2, -0.15) is 0 Å². The largest absolute Gasteiger partial charge is 0.459 e. The van der Waals surface area contributed by atoms with Crippen LogP contribution in [0.25, 0.3) is 0 Å². The fraction of sp³-hybridized carbons (Fsp3) is 0.323. The van der Waals surface area contributed by atoms with E-state index in [1.165, 1.54) is 17.0 Å². The Bertz CT molecular complexity index is 1540. The molecular weight excluding hydrogens is 554 g/mol. The third-order valence-corrected chi connectivity index (χ3v) is 8.01. The van der Waals surface area contributed by atoms with Crippen LogP contribution in [0.1, 0.15) is 61.4 Å². The number of ether oxygens (including phenoxy) is 1. The van der Waals surface area contributed by atoms with Gasteiger partial charge in [-0.25, -0.2) is 4.39 Å². The number of hydrogen-bond acceptors (Lipinski definition) is 4. The Morgan fingerprint density at radius 2 is 1.80 bits per heavy atom. The molecule has 3 aromatic carbocycles. The van der Waals surface area contributed by atoms with Crippen LogP contribution in [0.15, 0.2) is 60.7 Å². The second-order valence-corrected chi connectivity index (χ2v) is 12.2. The van der Waals surface area contributed by atoms with Crippen LogP contribution in [0.2, 0.25) is 10.0 Å². The van der Waals surface area contributed by atoms with E-state index in [0.717, 1.165) is 5.56 Å². The Hall–Kier alpha value is -3.42. The minimum absolute atomic E-state index is 0.139. The number of likely N-dealkylation sites (tertiary alicyclic amines) is 1. The van der Waals surface area contributed by atoms with Crippen molar-refractivity contribution in [2.24, 2.45) is 0 Å². The molecule has 40 heavy (non-hydrogen) atoms. The average molecular weight is 583 g/mol.